The van der Waals surface area contributed by atoms with Crippen molar-refractivity contribution in [1.29, 1.82) is 0 Å². The molecule has 1 aromatic carbocycles. The summed E-state index contributed by atoms with van der Waals surface area (Å²) in [5, 5.41) is 2.57. The van der Waals surface area contributed by atoms with Gasteiger partial charge in [0.1, 0.15) is 24.9 Å². The monoisotopic (exact) mass is 559 g/mol. The number of carbonyl (C=O) groups is 3. The molecular formula is C25H37NO11S. The number of hydrogen-bond donors (Lipinski definition) is 2. The number of nitrogens with one attached hydrogen (secondary N) is 1. The van der Waals surface area contributed by atoms with E-state index in [4.69, 9.17) is 23.1 Å². The summed E-state index contributed by atoms with van der Waals surface area (Å²) < 4.78 is 60.9. The summed E-state index contributed by atoms with van der Waals surface area (Å²) in [4.78, 5) is 37.4. The van der Waals surface area contributed by atoms with Crippen LogP contribution < -0.4 is 5.32 Å². The average Bonchev–Trinajstić information content (AvgIpc) is 2.77. The van der Waals surface area contributed by atoms with Crippen LogP contribution in [0.25, 0.3) is 0 Å². The van der Waals surface area contributed by atoms with E-state index in [1.807, 2.05) is 6.07 Å². The van der Waals surface area contributed by atoms with Gasteiger partial charge in [0.25, 0.3) is 0 Å². The van der Waals surface area contributed by atoms with Gasteiger partial charge in [0.15, 0.2) is 12.4 Å². The van der Waals surface area contributed by atoms with Crippen molar-refractivity contribution < 1.29 is 50.5 Å². The van der Waals surface area contributed by atoms with Crippen LogP contribution in [0.15, 0.2) is 30.3 Å². The van der Waals surface area contributed by atoms with Crippen molar-refractivity contribution in [2.75, 3.05) is 6.61 Å². The second-order valence-electron chi connectivity index (χ2n) is 11.0. The summed E-state index contributed by atoms with van der Waals surface area (Å²) >= 11 is 0. The quantitative estimate of drug-likeness (QED) is 0.337. The molecule has 1 amide bonds. The standard InChI is InChI=1S/C25H37NO11S/c1-15(27)26-18-20(36-23(29)25(5,6)7)19(37-38(30,31)32)17(14-34-22(28)24(2,3)4)35-21(18)33-13-16-11-9-8-10-12-16/h8-12,17-21H,13-14H2,1-7H3,(H,26,27)(H,30,31,32)/t17-,18-,19-,20-,21+/m1/s1. The molecule has 2 rings (SSSR count). The summed E-state index contributed by atoms with van der Waals surface area (Å²) in [6.45, 7) is 10.3. The van der Waals surface area contributed by atoms with Crippen LogP contribution in [-0.4, -0.2) is 68.1 Å². The minimum absolute atomic E-state index is 0.0137. The molecule has 1 heterocycles. The van der Waals surface area contributed by atoms with E-state index in [2.05, 4.69) is 5.32 Å². The molecule has 0 aliphatic carbocycles. The molecule has 1 aliphatic rings. The number of carbonyl (C=O) groups excluding carboxylic acids is 3. The molecule has 0 saturated carbocycles. The molecular weight excluding hydrogens is 522 g/mol. The van der Waals surface area contributed by atoms with Crippen LogP contribution in [0.1, 0.15) is 54.0 Å². The minimum atomic E-state index is -5.12. The van der Waals surface area contributed by atoms with Crippen LogP contribution in [0.4, 0.5) is 0 Å². The summed E-state index contributed by atoms with van der Waals surface area (Å²) in [5.41, 5.74) is -1.17. The highest BCUT2D eigenvalue weighted by molar-refractivity contribution is 7.80. The summed E-state index contributed by atoms with van der Waals surface area (Å²) in [7, 11) is -5.12. The summed E-state index contributed by atoms with van der Waals surface area (Å²) in [5.74, 6) is -1.94. The normalized spacial score (nSPS) is 24.4. The van der Waals surface area contributed by atoms with E-state index in [-0.39, 0.29) is 6.61 Å². The Hall–Kier alpha value is -2.58. The molecule has 0 unspecified atom stereocenters. The Balaban J connectivity index is 2.51. The van der Waals surface area contributed by atoms with Gasteiger partial charge in [-0.05, 0) is 47.1 Å². The van der Waals surface area contributed by atoms with Crippen molar-refractivity contribution in [1.82, 2.24) is 5.32 Å². The zero-order chi connectivity index (χ0) is 28.9. The molecule has 1 aliphatic heterocycles. The SMILES string of the molecule is CC(=O)N[C@H]1[C@@H](OCc2ccccc2)O[C@H](COC(=O)C(C)(C)C)[C@@H](OS(=O)(=O)O)[C@@H]1OC(=O)C(C)(C)C. The van der Waals surface area contributed by atoms with Crippen molar-refractivity contribution in [2.45, 2.75) is 85.7 Å². The third kappa shape index (κ3) is 9.62. The highest BCUT2D eigenvalue weighted by Gasteiger charge is 2.52. The molecule has 1 saturated heterocycles. The maximum atomic E-state index is 12.9. The van der Waals surface area contributed by atoms with E-state index in [1.54, 1.807) is 65.8 Å². The molecule has 38 heavy (non-hydrogen) atoms. The number of hydrogen-bond acceptors (Lipinski definition) is 10. The van der Waals surface area contributed by atoms with Crippen LogP contribution in [0, 0.1) is 10.8 Å². The Bertz CT molecular complexity index is 1080. The Morgan fingerprint density at radius 2 is 1.55 bits per heavy atom. The fourth-order valence-electron chi connectivity index (χ4n) is 3.39. The first-order chi connectivity index (χ1) is 17.4. The number of ether oxygens (including phenoxy) is 4. The Kier molecular flexibility index (Phi) is 10.4. The third-order valence-electron chi connectivity index (χ3n) is 5.35. The summed E-state index contributed by atoms with van der Waals surface area (Å²) in [6, 6.07) is 7.73. The maximum Gasteiger partial charge on any atom is 0.397 e. The number of esters is 2. The largest absolute Gasteiger partial charge is 0.462 e. The summed E-state index contributed by atoms with van der Waals surface area (Å²) in [6.07, 6.45) is -5.92. The van der Waals surface area contributed by atoms with Gasteiger partial charge in [-0.2, -0.15) is 8.42 Å². The predicted octanol–water partition coefficient (Wildman–Crippen LogP) is 2.17. The van der Waals surface area contributed by atoms with E-state index in [0.717, 1.165) is 5.56 Å². The molecule has 0 aromatic heterocycles. The highest BCUT2D eigenvalue weighted by Crippen LogP contribution is 2.31. The van der Waals surface area contributed by atoms with E-state index in [0.29, 0.717) is 0 Å². The van der Waals surface area contributed by atoms with Crippen LogP contribution >= 0.6 is 0 Å². The van der Waals surface area contributed by atoms with Crippen LogP contribution in [0.3, 0.4) is 0 Å². The van der Waals surface area contributed by atoms with Crippen LogP contribution in [0.5, 0.6) is 0 Å². The van der Waals surface area contributed by atoms with Crippen molar-refractivity contribution in [3.8, 4) is 0 Å². The first-order valence-corrected chi connectivity index (χ1v) is 13.4. The lowest BCUT2D eigenvalue weighted by Gasteiger charge is -2.45. The second-order valence-corrected chi connectivity index (χ2v) is 12.1. The lowest BCUT2D eigenvalue weighted by molar-refractivity contribution is -0.275. The molecule has 0 bridgehead atoms. The second kappa shape index (κ2) is 12.5. The Morgan fingerprint density at radius 3 is 2.05 bits per heavy atom. The molecule has 1 aromatic rings. The zero-order valence-corrected chi connectivity index (χ0v) is 23.4. The van der Waals surface area contributed by atoms with Crippen molar-refractivity contribution >= 4 is 28.2 Å². The minimum Gasteiger partial charge on any atom is -0.462 e. The van der Waals surface area contributed by atoms with Crippen LogP contribution in [-0.2, 0) is 54.5 Å². The van der Waals surface area contributed by atoms with Gasteiger partial charge in [0.2, 0.25) is 5.91 Å². The molecule has 13 heteroatoms. The number of amides is 1. The average molecular weight is 560 g/mol. The van der Waals surface area contributed by atoms with Gasteiger partial charge in [-0.1, -0.05) is 30.3 Å². The van der Waals surface area contributed by atoms with Gasteiger partial charge in [0.05, 0.1) is 17.4 Å². The highest BCUT2D eigenvalue weighted by atomic mass is 32.3. The molecule has 1 fully saturated rings. The Labute approximate surface area is 223 Å². The van der Waals surface area contributed by atoms with Gasteiger partial charge >= 0.3 is 22.3 Å². The molecule has 214 valence electrons. The first kappa shape index (κ1) is 31.6. The fourth-order valence-corrected chi connectivity index (χ4v) is 3.91. The molecule has 5 atom stereocenters. The van der Waals surface area contributed by atoms with E-state index < -0.39 is 76.3 Å². The van der Waals surface area contributed by atoms with E-state index in [9.17, 15) is 27.4 Å². The van der Waals surface area contributed by atoms with Crippen molar-refractivity contribution in [3.05, 3.63) is 35.9 Å². The van der Waals surface area contributed by atoms with Gasteiger partial charge in [-0.25, -0.2) is 4.18 Å². The van der Waals surface area contributed by atoms with Crippen molar-refractivity contribution in [3.63, 3.8) is 0 Å². The van der Waals surface area contributed by atoms with Gasteiger partial charge in [-0.3, -0.25) is 18.9 Å². The third-order valence-corrected chi connectivity index (χ3v) is 5.82. The number of benzene rings is 1. The fraction of sp³-hybridized carbons (Fsp3) is 0.640. The van der Waals surface area contributed by atoms with Crippen molar-refractivity contribution in [2.24, 2.45) is 10.8 Å². The smallest absolute Gasteiger partial charge is 0.397 e. The lowest BCUT2D eigenvalue weighted by Crippen LogP contribution is -2.67. The molecule has 0 spiro atoms. The van der Waals surface area contributed by atoms with Crippen LogP contribution in [0.2, 0.25) is 0 Å². The zero-order valence-electron chi connectivity index (χ0n) is 22.6. The number of rotatable bonds is 9. The maximum absolute atomic E-state index is 12.9. The van der Waals surface area contributed by atoms with Gasteiger partial charge in [0, 0.05) is 6.92 Å². The predicted molar refractivity (Wildman–Crippen MR) is 134 cm³/mol. The van der Waals surface area contributed by atoms with Gasteiger partial charge in [-0.15, -0.1) is 0 Å². The first-order valence-electron chi connectivity index (χ1n) is 12.0. The van der Waals surface area contributed by atoms with E-state index >= 15 is 0 Å². The molecule has 0 radical (unpaired) electrons. The topological polar surface area (TPSA) is 164 Å². The molecule has 2 N–H and O–H groups in total. The lowest BCUT2D eigenvalue weighted by atomic mass is 9.94. The molecule has 12 nitrogen and oxygen atoms in total. The van der Waals surface area contributed by atoms with Gasteiger partial charge < -0.3 is 24.3 Å². The van der Waals surface area contributed by atoms with E-state index in [1.165, 1.54) is 6.92 Å². The Morgan fingerprint density at radius 1 is 0.974 bits per heavy atom.